The topological polar surface area (TPSA) is 12.0 Å². The van der Waals surface area contributed by atoms with Crippen LogP contribution in [-0.2, 0) is 0 Å². The molecule has 0 amide bonds. The maximum atomic E-state index is 6.00. The standard InChI is InChI=1S/C16H18ClN/c1-3-16(13-9-7-12(2)8-10-13)18-15-6-4-5-14(17)11-15/h4-11,16,18H,3H2,1-2H3. The number of anilines is 1. The van der Waals surface area contributed by atoms with Crippen LogP contribution in [0.4, 0.5) is 5.69 Å². The van der Waals surface area contributed by atoms with Crippen molar-refractivity contribution in [1.29, 1.82) is 0 Å². The molecule has 0 saturated heterocycles. The third-order valence-corrected chi connectivity index (χ3v) is 3.29. The van der Waals surface area contributed by atoms with Gasteiger partial charge in [-0.3, -0.25) is 0 Å². The van der Waals surface area contributed by atoms with Crippen LogP contribution in [0.15, 0.2) is 48.5 Å². The molecule has 0 aliphatic rings. The molecule has 0 spiro atoms. The van der Waals surface area contributed by atoms with Crippen molar-refractivity contribution in [2.75, 3.05) is 5.32 Å². The minimum atomic E-state index is 0.323. The van der Waals surface area contributed by atoms with Crippen molar-refractivity contribution >= 4 is 17.3 Å². The lowest BCUT2D eigenvalue weighted by Gasteiger charge is -2.19. The van der Waals surface area contributed by atoms with Gasteiger partial charge in [-0.1, -0.05) is 54.4 Å². The van der Waals surface area contributed by atoms with Gasteiger partial charge in [-0.15, -0.1) is 0 Å². The van der Waals surface area contributed by atoms with Crippen molar-refractivity contribution in [2.24, 2.45) is 0 Å². The van der Waals surface area contributed by atoms with Crippen LogP contribution in [-0.4, -0.2) is 0 Å². The Kier molecular flexibility index (Phi) is 4.27. The SMILES string of the molecule is CCC(Nc1cccc(Cl)c1)c1ccc(C)cc1. The molecule has 1 unspecified atom stereocenters. The number of hydrogen-bond donors (Lipinski definition) is 1. The highest BCUT2D eigenvalue weighted by Gasteiger charge is 2.08. The molecule has 2 rings (SSSR count). The average molecular weight is 260 g/mol. The Morgan fingerprint density at radius 1 is 1.11 bits per heavy atom. The van der Waals surface area contributed by atoms with E-state index in [-0.39, 0.29) is 0 Å². The number of hydrogen-bond acceptors (Lipinski definition) is 1. The van der Waals surface area contributed by atoms with Crippen LogP contribution >= 0.6 is 11.6 Å². The first-order valence-electron chi connectivity index (χ1n) is 6.27. The monoisotopic (exact) mass is 259 g/mol. The van der Waals surface area contributed by atoms with E-state index in [2.05, 4.69) is 43.4 Å². The number of aryl methyl sites for hydroxylation is 1. The first kappa shape index (κ1) is 13.0. The molecule has 18 heavy (non-hydrogen) atoms. The normalized spacial score (nSPS) is 12.2. The molecule has 0 saturated carbocycles. The first-order chi connectivity index (χ1) is 8.69. The fourth-order valence-electron chi connectivity index (χ4n) is 2.00. The summed E-state index contributed by atoms with van der Waals surface area (Å²) in [6.07, 6.45) is 1.04. The summed E-state index contributed by atoms with van der Waals surface area (Å²) < 4.78 is 0. The summed E-state index contributed by atoms with van der Waals surface area (Å²) in [4.78, 5) is 0. The van der Waals surface area contributed by atoms with E-state index < -0.39 is 0 Å². The lowest BCUT2D eigenvalue weighted by molar-refractivity contribution is 0.749. The van der Waals surface area contributed by atoms with Crippen molar-refractivity contribution < 1.29 is 0 Å². The van der Waals surface area contributed by atoms with Gasteiger partial charge in [-0.2, -0.15) is 0 Å². The van der Waals surface area contributed by atoms with Crippen LogP contribution < -0.4 is 5.32 Å². The molecule has 94 valence electrons. The maximum absolute atomic E-state index is 6.00. The quantitative estimate of drug-likeness (QED) is 0.795. The molecular formula is C16H18ClN. The number of nitrogens with one attached hydrogen (secondary N) is 1. The van der Waals surface area contributed by atoms with E-state index >= 15 is 0 Å². The van der Waals surface area contributed by atoms with E-state index in [9.17, 15) is 0 Å². The van der Waals surface area contributed by atoms with Crippen LogP contribution in [0, 0.1) is 6.92 Å². The van der Waals surface area contributed by atoms with Crippen molar-refractivity contribution in [3.05, 3.63) is 64.7 Å². The van der Waals surface area contributed by atoms with Gasteiger partial charge in [-0.05, 0) is 37.1 Å². The molecule has 2 aromatic carbocycles. The van der Waals surface area contributed by atoms with Crippen molar-refractivity contribution in [3.8, 4) is 0 Å². The maximum Gasteiger partial charge on any atom is 0.0511 e. The summed E-state index contributed by atoms with van der Waals surface area (Å²) in [5.74, 6) is 0. The van der Waals surface area contributed by atoms with Crippen molar-refractivity contribution in [3.63, 3.8) is 0 Å². The summed E-state index contributed by atoms with van der Waals surface area (Å²) in [6.45, 7) is 4.29. The lowest BCUT2D eigenvalue weighted by atomic mass is 10.0. The van der Waals surface area contributed by atoms with E-state index in [4.69, 9.17) is 11.6 Å². The highest BCUT2D eigenvalue weighted by Crippen LogP contribution is 2.24. The first-order valence-corrected chi connectivity index (χ1v) is 6.65. The molecule has 0 bridgehead atoms. The second kappa shape index (κ2) is 5.92. The van der Waals surface area contributed by atoms with Gasteiger partial charge in [0.25, 0.3) is 0 Å². The third kappa shape index (κ3) is 3.27. The molecule has 0 aliphatic carbocycles. The van der Waals surface area contributed by atoms with Gasteiger partial charge in [0.2, 0.25) is 0 Å². The van der Waals surface area contributed by atoms with E-state index in [1.807, 2.05) is 24.3 Å². The zero-order valence-corrected chi connectivity index (χ0v) is 11.5. The molecule has 2 aromatic rings. The number of benzene rings is 2. The van der Waals surface area contributed by atoms with E-state index in [0.29, 0.717) is 6.04 Å². The van der Waals surface area contributed by atoms with E-state index in [1.54, 1.807) is 0 Å². The zero-order chi connectivity index (χ0) is 13.0. The fourth-order valence-corrected chi connectivity index (χ4v) is 2.19. The minimum Gasteiger partial charge on any atom is -0.378 e. The molecular weight excluding hydrogens is 242 g/mol. The largest absolute Gasteiger partial charge is 0.378 e. The van der Waals surface area contributed by atoms with Crippen LogP contribution in [0.25, 0.3) is 0 Å². The Morgan fingerprint density at radius 2 is 1.83 bits per heavy atom. The number of rotatable bonds is 4. The van der Waals surface area contributed by atoms with Crippen molar-refractivity contribution in [1.82, 2.24) is 0 Å². The van der Waals surface area contributed by atoms with Gasteiger partial charge in [0.1, 0.15) is 0 Å². The van der Waals surface area contributed by atoms with Gasteiger partial charge < -0.3 is 5.32 Å². The molecule has 1 nitrogen and oxygen atoms in total. The predicted molar refractivity (Wildman–Crippen MR) is 79.3 cm³/mol. The second-order valence-corrected chi connectivity index (χ2v) is 4.96. The molecule has 0 aliphatic heterocycles. The van der Waals surface area contributed by atoms with Gasteiger partial charge >= 0.3 is 0 Å². The average Bonchev–Trinajstić information content (AvgIpc) is 2.37. The molecule has 0 radical (unpaired) electrons. The van der Waals surface area contributed by atoms with Crippen molar-refractivity contribution in [2.45, 2.75) is 26.3 Å². The van der Waals surface area contributed by atoms with Crippen LogP contribution in [0.1, 0.15) is 30.5 Å². The van der Waals surface area contributed by atoms with Gasteiger partial charge in [0, 0.05) is 10.7 Å². The highest BCUT2D eigenvalue weighted by molar-refractivity contribution is 6.30. The Labute approximate surface area is 114 Å². The van der Waals surface area contributed by atoms with Crippen LogP contribution in [0.5, 0.6) is 0 Å². The molecule has 0 heterocycles. The smallest absolute Gasteiger partial charge is 0.0511 e. The molecule has 1 atom stereocenters. The van der Waals surface area contributed by atoms with Gasteiger partial charge in [0.15, 0.2) is 0 Å². The van der Waals surface area contributed by atoms with Gasteiger partial charge in [0.05, 0.1) is 6.04 Å². The lowest BCUT2D eigenvalue weighted by Crippen LogP contribution is -2.09. The number of halogens is 1. The Morgan fingerprint density at radius 3 is 2.44 bits per heavy atom. The highest BCUT2D eigenvalue weighted by atomic mass is 35.5. The molecule has 0 aromatic heterocycles. The fraction of sp³-hybridized carbons (Fsp3) is 0.250. The summed E-state index contributed by atoms with van der Waals surface area (Å²) in [6, 6.07) is 16.8. The molecule has 2 heteroatoms. The second-order valence-electron chi connectivity index (χ2n) is 4.53. The summed E-state index contributed by atoms with van der Waals surface area (Å²) in [7, 11) is 0. The summed E-state index contributed by atoms with van der Waals surface area (Å²) in [5.41, 5.74) is 3.66. The predicted octanol–water partition coefficient (Wildman–Crippen LogP) is 5.21. The Balaban J connectivity index is 2.17. The third-order valence-electron chi connectivity index (χ3n) is 3.05. The van der Waals surface area contributed by atoms with E-state index in [0.717, 1.165) is 17.1 Å². The van der Waals surface area contributed by atoms with E-state index in [1.165, 1.54) is 11.1 Å². The van der Waals surface area contributed by atoms with Crippen LogP contribution in [0.3, 0.4) is 0 Å². The minimum absolute atomic E-state index is 0.323. The zero-order valence-electron chi connectivity index (χ0n) is 10.8. The Bertz CT molecular complexity index is 505. The summed E-state index contributed by atoms with van der Waals surface area (Å²) in [5, 5.41) is 4.28. The molecule has 0 fully saturated rings. The van der Waals surface area contributed by atoms with Crippen LogP contribution in [0.2, 0.25) is 5.02 Å². The molecule has 1 N–H and O–H groups in total. The summed E-state index contributed by atoms with van der Waals surface area (Å²) >= 11 is 6.00. The van der Waals surface area contributed by atoms with Gasteiger partial charge in [-0.25, -0.2) is 0 Å². The Hall–Kier alpha value is -1.47.